The fourth-order valence-electron chi connectivity index (χ4n) is 6.08. The number of aryl methyl sites for hydroxylation is 1. The number of nitrogens with one attached hydrogen (secondary N) is 1. The molecule has 3 aromatic carbocycles. The van der Waals surface area contributed by atoms with Crippen molar-refractivity contribution in [2.24, 2.45) is 10.4 Å². The van der Waals surface area contributed by atoms with Gasteiger partial charge >= 0.3 is 5.69 Å². The van der Waals surface area contributed by atoms with Crippen LogP contribution in [-0.2, 0) is 25.0 Å². The van der Waals surface area contributed by atoms with Crippen molar-refractivity contribution in [3.05, 3.63) is 139 Å². The van der Waals surface area contributed by atoms with Gasteiger partial charge in [0.2, 0.25) is 10.0 Å². The highest BCUT2D eigenvalue weighted by atomic mass is 32.2. The van der Waals surface area contributed by atoms with E-state index in [4.69, 9.17) is 24.2 Å². The lowest BCUT2D eigenvalue weighted by molar-refractivity contribution is -0.105. The smallest absolute Gasteiger partial charge is 0.330 e. The molecule has 4 atom stereocenters. The molecule has 2 heterocycles. The summed E-state index contributed by atoms with van der Waals surface area (Å²) in [4.78, 5) is 36.0. The number of H-pyrrole nitrogens is 1. The highest BCUT2D eigenvalue weighted by Crippen LogP contribution is 2.49. The quantitative estimate of drug-likeness (QED) is 0.0809. The van der Waals surface area contributed by atoms with Crippen LogP contribution in [0.1, 0.15) is 34.9 Å². The van der Waals surface area contributed by atoms with E-state index >= 15 is 0 Å². The lowest BCUT2D eigenvalue weighted by Gasteiger charge is -2.44. The molecule has 5 rings (SSSR count). The standard InChI is InChI=1S/C31H32N6O8S/c1-19-18-37(30(39)34-29(19)38)26-17-25(46(33,40)41)27(44-26)28(45-36-35-32)31(20-7-5-4-6-8-20,21-9-13-23(42-2)14-10-21)22-11-15-24(43-3)16-12-22/h4-16,18,25-28H,17H2,1-3H3,(H2,33,40,41)(H,34,38,39)/t25-,26+,27-,28?/m0/s1. The van der Waals surface area contributed by atoms with E-state index in [0.717, 1.165) is 4.57 Å². The third-order valence-electron chi connectivity index (χ3n) is 8.23. The Hall–Kier alpha value is -5.08. The van der Waals surface area contributed by atoms with Gasteiger partial charge in [0.05, 0.1) is 19.6 Å². The summed E-state index contributed by atoms with van der Waals surface area (Å²) < 4.78 is 44.9. The number of nitrogens with two attached hydrogens (primary N) is 1. The van der Waals surface area contributed by atoms with Crippen molar-refractivity contribution < 1.29 is 27.5 Å². The van der Waals surface area contributed by atoms with Gasteiger partial charge in [0.15, 0.2) is 6.10 Å². The Morgan fingerprint density at radius 2 is 1.52 bits per heavy atom. The van der Waals surface area contributed by atoms with Crippen LogP contribution in [0.3, 0.4) is 0 Å². The van der Waals surface area contributed by atoms with Crippen LogP contribution >= 0.6 is 0 Å². The molecule has 0 aliphatic carbocycles. The molecule has 0 amide bonds. The largest absolute Gasteiger partial charge is 0.497 e. The molecule has 1 aromatic heterocycles. The van der Waals surface area contributed by atoms with Crippen molar-refractivity contribution in [2.45, 2.75) is 42.4 Å². The van der Waals surface area contributed by atoms with E-state index in [9.17, 15) is 23.5 Å². The summed E-state index contributed by atoms with van der Waals surface area (Å²) in [6.45, 7) is 1.50. The Kier molecular flexibility index (Phi) is 9.21. The number of aromatic amines is 1. The van der Waals surface area contributed by atoms with Crippen molar-refractivity contribution in [1.29, 1.82) is 0 Å². The van der Waals surface area contributed by atoms with Crippen LogP contribution in [0.5, 0.6) is 11.5 Å². The summed E-state index contributed by atoms with van der Waals surface area (Å²) in [5, 5.41) is 7.85. The molecule has 0 spiro atoms. The third kappa shape index (κ3) is 5.96. The maximum absolute atomic E-state index is 13.3. The minimum absolute atomic E-state index is 0.204. The Morgan fingerprint density at radius 3 is 2.02 bits per heavy atom. The number of rotatable bonds is 11. The summed E-state index contributed by atoms with van der Waals surface area (Å²) in [6.07, 6.45) is -3.00. The average molecular weight is 649 g/mol. The third-order valence-corrected chi connectivity index (χ3v) is 9.54. The number of azide groups is 1. The highest BCUT2D eigenvalue weighted by Gasteiger charge is 2.57. The zero-order valence-electron chi connectivity index (χ0n) is 25.1. The van der Waals surface area contributed by atoms with Gasteiger partial charge in [-0.05, 0) is 53.4 Å². The first-order valence-electron chi connectivity index (χ1n) is 14.1. The maximum atomic E-state index is 13.3. The molecule has 46 heavy (non-hydrogen) atoms. The minimum atomic E-state index is -4.39. The van der Waals surface area contributed by atoms with Gasteiger partial charge in [-0.25, -0.2) is 18.4 Å². The molecule has 15 heteroatoms. The molecule has 1 fully saturated rings. The van der Waals surface area contributed by atoms with Crippen LogP contribution in [-0.4, -0.2) is 49.6 Å². The lowest BCUT2D eigenvalue weighted by Crippen LogP contribution is -2.54. The molecule has 4 aromatic rings. The number of ether oxygens (including phenoxy) is 3. The highest BCUT2D eigenvalue weighted by molar-refractivity contribution is 7.89. The molecule has 0 saturated carbocycles. The number of sulfonamides is 1. The zero-order valence-corrected chi connectivity index (χ0v) is 26.0. The van der Waals surface area contributed by atoms with Gasteiger partial charge < -0.3 is 19.0 Å². The molecular weight excluding hydrogens is 616 g/mol. The van der Waals surface area contributed by atoms with E-state index in [1.165, 1.54) is 27.3 Å². The van der Waals surface area contributed by atoms with Crippen molar-refractivity contribution in [3.8, 4) is 11.5 Å². The van der Waals surface area contributed by atoms with Crippen LogP contribution in [0.25, 0.3) is 10.4 Å². The molecule has 0 radical (unpaired) electrons. The molecule has 1 unspecified atom stereocenters. The fraction of sp³-hybridized carbons (Fsp3) is 0.290. The number of hydrogen-bond acceptors (Lipinski definition) is 9. The van der Waals surface area contributed by atoms with Gasteiger partial charge in [0.1, 0.15) is 34.4 Å². The van der Waals surface area contributed by atoms with E-state index in [0.29, 0.717) is 28.2 Å². The first-order chi connectivity index (χ1) is 22.0. The van der Waals surface area contributed by atoms with E-state index in [1.54, 1.807) is 60.7 Å². The molecule has 0 bridgehead atoms. The average Bonchev–Trinajstić information content (AvgIpc) is 3.51. The predicted molar refractivity (Wildman–Crippen MR) is 168 cm³/mol. The fourth-order valence-corrected chi connectivity index (χ4v) is 7.10. The van der Waals surface area contributed by atoms with Gasteiger partial charge in [-0.15, -0.1) is 0 Å². The molecule has 1 aliphatic heterocycles. The Labute approximate surface area is 263 Å². The van der Waals surface area contributed by atoms with Crippen LogP contribution < -0.4 is 25.9 Å². The van der Waals surface area contributed by atoms with Gasteiger partial charge in [-0.3, -0.25) is 14.3 Å². The number of benzene rings is 3. The van der Waals surface area contributed by atoms with E-state index in [-0.39, 0.29) is 12.0 Å². The van der Waals surface area contributed by atoms with Crippen molar-refractivity contribution in [1.82, 2.24) is 9.55 Å². The summed E-state index contributed by atoms with van der Waals surface area (Å²) in [5.74, 6) is 1.11. The second-order valence-corrected chi connectivity index (χ2v) is 12.5. The van der Waals surface area contributed by atoms with Gasteiger partial charge in [0, 0.05) is 23.1 Å². The molecule has 1 saturated heterocycles. The molecule has 1 aliphatic rings. The van der Waals surface area contributed by atoms with Crippen LogP contribution in [0.2, 0.25) is 0 Å². The molecule has 3 N–H and O–H groups in total. The maximum Gasteiger partial charge on any atom is 0.330 e. The van der Waals surface area contributed by atoms with Gasteiger partial charge in [-0.2, -0.15) is 0 Å². The summed E-state index contributed by atoms with van der Waals surface area (Å²) >= 11 is 0. The second kappa shape index (κ2) is 13.1. The monoisotopic (exact) mass is 648 g/mol. The van der Waals surface area contributed by atoms with Crippen LogP contribution in [0.4, 0.5) is 0 Å². The number of aromatic nitrogens is 2. The SMILES string of the molecule is COc1ccc(C(c2ccccc2)(c2ccc(OC)cc2)C(ON=[N+]=[N-])[C@H]2O[C@@H](n3cc(C)c(=O)[nH]c3=O)C[C@@H]2S(N)(=O)=O)cc1. The van der Waals surface area contributed by atoms with E-state index < -0.39 is 50.4 Å². The summed E-state index contributed by atoms with van der Waals surface area (Å²) in [7, 11) is -1.33. The van der Waals surface area contributed by atoms with E-state index in [2.05, 4.69) is 15.2 Å². The second-order valence-electron chi connectivity index (χ2n) is 10.7. The predicted octanol–water partition coefficient (Wildman–Crippen LogP) is 3.45. The zero-order chi connectivity index (χ0) is 33.1. The Balaban J connectivity index is 1.84. The van der Waals surface area contributed by atoms with E-state index in [1.807, 2.05) is 18.2 Å². The normalized spacial score (nSPS) is 18.7. The summed E-state index contributed by atoms with van der Waals surface area (Å²) in [5.41, 5.74) is 8.66. The number of hydrogen-bond donors (Lipinski definition) is 2. The van der Waals surface area contributed by atoms with Crippen molar-refractivity contribution in [3.63, 3.8) is 0 Å². The number of nitrogens with zero attached hydrogens (tertiary/aromatic N) is 4. The van der Waals surface area contributed by atoms with Crippen LogP contribution in [0.15, 0.2) is 99.9 Å². The van der Waals surface area contributed by atoms with Crippen molar-refractivity contribution in [2.75, 3.05) is 14.2 Å². The molecule has 240 valence electrons. The molecular formula is C31H32N6O8S. The number of methoxy groups -OCH3 is 2. The van der Waals surface area contributed by atoms with Crippen molar-refractivity contribution >= 4 is 10.0 Å². The first kappa shape index (κ1) is 32.3. The molecule has 14 nitrogen and oxygen atoms in total. The Bertz CT molecular complexity index is 1910. The van der Waals surface area contributed by atoms with Gasteiger partial charge in [-0.1, -0.05) is 54.6 Å². The number of primary sulfonamides is 1. The van der Waals surface area contributed by atoms with Gasteiger partial charge in [0.25, 0.3) is 5.56 Å². The summed E-state index contributed by atoms with van der Waals surface area (Å²) in [6, 6.07) is 23.2. The minimum Gasteiger partial charge on any atom is -0.497 e. The van der Waals surface area contributed by atoms with Crippen LogP contribution in [0, 0.1) is 6.92 Å². The Morgan fingerprint density at radius 1 is 0.978 bits per heavy atom. The lowest BCUT2D eigenvalue weighted by atomic mass is 9.64. The topological polar surface area (TPSA) is 201 Å². The first-order valence-corrected chi connectivity index (χ1v) is 15.7.